The van der Waals surface area contributed by atoms with Gasteiger partial charge < -0.3 is 4.74 Å². The first-order valence-corrected chi connectivity index (χ1v) is 6.61. The van der Waals surface area contributed by atoms with Crippen molar-refractivity contribution in [2.75, 3.05) is 0 Å². The van der Waals surface area contributed by atoms with Crippen LogP contribution in [-0.2, 0) is 5.88 Å². The fourth-order valence-electron chi connectivity index (χ4n) is 1.88. The SMILES string of the molecule is Cc1cc(C)cc(Oc2c(Cl)cccc2CCl)c1. The lowest BCUT2D eigenvalue weighted by Gasteiger charge is -2.12. The Kier molecular flexibility index (Phi) is 4.15. The zero-order valence-corrected chi connectivity index (χ0v) is 11.8. The lowest BCUT2D eigenvalue weighted by Crippen LogP contribution is -1.92. The highest BCUT2D eigenvalue weighted by Gasteiger charge is 2.09. The summed E-state index contributed by atoms with van der Waals surface area (Å²) in [6.07, 6.45) is 0. The largest absolute Gasteiger partial charge is 0.455 e. The van der Waals surface area contributed by atoms with E-state index in [1.165, 1.54) is 0 Å². The van der Waals surface area contributed by atoms with Crippen LogP contribution in [0.15, 0.2) is 36.4 Å². The van der Waals surface area contributed by atoms with E-state index < -0.39 is 0 Å². The molecule has 3 heteroatoms. The quantitative estimate of drug-likeness (QED) is 0.676. The Morgan fingerprint density at radius 2 is 1.72 bits per heavy atom. The number of aryl methyl sites for hydroxylation is 2. The number of hydrogen-bond donors (Lipinski definition) is 0. The predicted molar refractivity (Wildman–Crippen MR) is 77.0 cm³/mol. The van der Waals surface area contributed by atoms with Crippen molar-refractivity contribution in [3.63, 3.8) is 0 Å². The maximum atomic E-state index is 6.15. The third-order valence-corrected chi connectivity index (χ3v) is 3.19. The molecule has 0 fully saturated rings. The molecule has 0 aliphatic carbocycles. The van der Waals surface area contributed by atoms with Gasteiger partial charge in [0, 0.05) is 5.56 Å². The minimum Gasteiger partial charge on any atom is -0.455 e. The van der Waals surface area contributed by atoms with Crippen LogP contribution in [0.1, 0.15) is 16.7 Å². The van der Waals surface area contributed by atoms with E-state index in [2.05, 4.69) is 6.07 Å². The van der Waals surface area contributed by atoms with Crippen LogP contribution < -0.4 is 4.74 Å². The van der Waals surface area contributed by atoms with Crippen molar-refractivity contribution in [1.82, 2.24) is 0 Å². The van der Waals surface area contributed by atoms with Crippen molar-refractivity contribution in [3.05, 3.63) is 58.1 Å². The molecule has 0 saturated carbocycles. The third-order valence-electron chi connectivity index (χ3n) is 2.61. The van der Waals surface area contributed by atoms with Gasteiger partial charge in [-0.25, -0.2) is 0 Å². The molecule has 0 saturated heterocycles. The highest BCUT2D eigenvalue weighted by atomic mass is 35.5. The van der Waals surface area contributed by atoms with Gasteiger partial charge in [-0.1, -0.05) is 29.8 Å². The van der Waals surface area contributed by atoms with E-state index in [1.807, 2.05) is 38.1 Å². The third kappa shape index (κ3) is 2.98. The van der Waals surface area contributed by atoms with Crippen LogP contribution in [0.2, 0.25) is 5.02 Å². The van der Waals surface area contributed by atoms with Gasteiger partial charge >= 0.3 is 0 Å². The number of alkyl halides is 1. The molecule has 0 heterocycles. The van der Waals surface area contributed by atoms with Gasteiger partial charge in [-0.05, 0) is 43.2 Å². The predicted octanol–water partition coefficient (Wildman–Crippen LogP) is 5.49. The average Bonchev–Trinajstić information content (AvgIpc) is 2.30. The molecule has 1 nitrogen and oxygen atoms in total. The van der Waals surface area contributed by atoms with Crippen LogP contribution in [0.3, 0.4) is 0 Å². The van der Waals surface area contributed by atoms with Gasteiger partial charge in [0.05, 0.1) is 10.9 Å². The molecule has 0 bridgehead atoms. The van der Waals surface area contributed by atoms with Crippen LogP contribution in [0, 0.1) is 13.8 Å². The van der Waals surface area contributed by atoms with Crippen LogP contribution in [0.5, 0.6) is 11.5 Å². The summed E-state index contributed by atoms with van der Waals surface area (Å²) in [5.74, 6) is 1.80. The fraction of sp³-hybridized carbons (Fsp3) is 0.200. The van der Waals surface area contributed by atoms with Crippen LogP contribution in [0.4, 0.5) is 0 Å². The Morgan fingerprint density at radius 1 is 1.06 bits per heavy atom. The summed E-state index contributed by atoms with van der Waals surface area (Å²) in [4.78, 5) is 0. The molecular weight excluding hydrogens is 267 g/mol. The number of ether oxygens (including phenoxy) is 1. The number of hydrogen-bond acceptors (Lipinski definition) is 1. The Hall–Kier alpha value is -1.18. The molecule has 2 aromatic rings. The standard InChI is InChI=1S/C15H14Cl2O/c1-10-6-11(2)8-13(7-10)18-15-12(9-16)4-3-5-14(15)17/h3-8H,9H2,1-2H3. The first-order valence-electron chi connectivity index (χ1n) is 5.69. The van der Waals surface area contributed by atoms with E-state index >= 15 is 0 Å². The fourth-order valence-corrected chi connectivity index (χ4v) is 2.33. The van der Waals surface area contributed by atoms with E-state index in [9.17, 15) is 0 Å². The van der Waals surface area contributed by atoms with E-state index in [4.69, 9.17) is 27.9 Å². The molecule has 0 radical (unpaired) electrons. The van der Waals surface area contributed by atoms with Crippen molar-refractivity contribution in [3.8, 4) is 11.5 Å². The number of halogens is 2. The summed E-state index contributed by atoms with van der Waals surface area (Å²) < 4.78 is 5.88. The second kappa shape index (κ2) is 5.64. The van der Waals surface area contributed by atoms with Gasteiger partial charge in [0.2, 0.25) is 0 Å². The molecule has 0 unspecified atom stereocenters. The van der Waals surface area contributed by atoms with Gasteiger partial charge in [0.1, 0.15) is 11.5 Å². The lowest BCUT2D eigenvalue weighted by atomic mass is 10.1. The molecule has 2 aromatic carbocycles. The van der Waals surface area contributed by atoms with E-state index in [1.54, 1.807) is 6.07 Å². The minimum absolute atomic E-state index is 0.376. The van der Waals surface area contributed by atoms with Crippen molar-refractivity contribution in [2.24, 2.45) is 0 Å². The Morgan fingerprint density at radius 3 is 2.33 bits per heavy atom. The second-order valence-electron chi connectivity index (χ2n) is 4.29. The Bertz CT molecular complexity index is 544. The van der Waals surface area contributed by atoms with Crippen LogP contribution in [0.25, 0.3) is 0 Å². The summed E-state index contributed by atoms with van der Waals surface area (Å²) in [6, 6.07) is 11.6. The van der Waals surface area contributed by atoms with Crippen LogP contribution in [-0.4, -0.2) is 0 Å². The van der Waals surface area contributed by atoms with Gasteiger partial charge in [-0.2, -0.15) is 0 Å². The molecule has 2 rings (SSSR count). The van der Waals surface area contributed by atoms with Gasteiger partial charge in [0.15, 0.2) is 0 Å². The summed E-state index contributed by atoms with van der Waals surface area (Å²) in [7, 11) is 0. The number of para-hydroxylation sites is 1. The summed E-state index contributed by atoms with van der Waals surface area (Å²) >= 11 is 12.0. The van der Waals surface area contributed by atoms with Crippen molar-refractivity contribution in [2.45, 2.75) is 19.7 Å². The zero-order chi connectivity index (χ0) is 13.1. The minimum atomic E-state index is 0.376. The normalized spacial score (nSPS) is 10.4. The van der Waals surface area contributed by atoms with E-state index in [0.717, 1.165) is 22.4 Å². The van der Waals surface area contributed by atoms with Gasteiger partial charge in [0.25, 0.3) is 0 Å². The zero-order valence-electron chi connectivity index (χ0n) is 10.3. The Balaban J connectivity index is 2.39. The molecule has 0 spiro atoms. The first kappa shape index (κ1) is 13.3. The smallest absolute Gasteiger partial charge is 0.150 e. The molecule has 94 valence electrons. The number of rotatable bonds is 3. The number of benzene rings is 2. The maximum Gasteiger partial charge on any atom is 0.150 e. The van der Waals surface area contributed by atoms with E-state index in [-0.39, 0.29) is 0 Å². The molecule has 0 aliphatic rings. The topological polar surface area (TPSA) is 9.23 Å². The van der Waals surface area contributed by atoms with Crippen LogP contribution >= 0.6 is 23.2 Å². The molecule has 18 heavy (non-hydrogen) atoms. The molecule has 0 amide bonds. The Labute approximate surface area is 117 Å². The van der Waals surface area contributed by atoms with Crippen molar-refractivity contribution >= 4 is 23.2 Å². The highest BCUT2D eigenvalue weighted by molar-refractivity contribution is 6.32. The second-order valence-corrected chi connectivity index (χ2v) is 4.96. The average molecular weight is 281 g/mol. The molecule has 0 aliphatic heterocycles. The highest BCUT2D eigenvalue weighted by Crippen LogP contribution is 2.34. The van der Waals surface area contributed by atoms with E-state index in [0.29, 0.717) is 16.7 Å². The molecular formula is C15H14Cl2O. The lowest BCUT2D eigenvalue weighted by molar-refractivity contribution is 0.478. The summed E-state index contributed by atoms with van der Waals surface area (Å²) in [5.41, 5.74) is 3.21. The maximum absolute atomic E-state index is 6.15. The summed E-state index contributed by atoms with van der Waals surface area (Å²) in [5, 5.41) is 0.576. The van der Waals surface area contributed by atoms with Gasteiger partial charge in [-0.3, -0.25) is 0 Å². The van der Waals surface area contributed by atoms with Crippen molar-refractivity contribution < 1.29 is 4.74 Å². The monoisotopic (exact) mass is 280 g/mol. The summed E-state index contributed by atoms with van der Waals surface area (Å²) in [6.45, 7) is 4.07. The molecule has 0 N–H and O–H groups in total. The molecule has 0 aromatic heterocycles. The molecule has 0 atom stereocenters. The van der Waals surface area contributed by atoms with Gasteiger partial charge in [-0.15, -0.1) is 11.6 Å². The first-order chi connectivity index (χ1) is 8.60. The van der Waals surface area contributed by atoms with Crippen molar-refractivity contribution in [1.29, 1.82) is 0 Å².